The van der Waals surface area contributed by atoms with Crippen molar-refractivity contribution in [2.24, 2.45) is 0 Å². The number of ether oxygens (including phenoxy) is 2. The number of benzene rings is 2. The van der Waals surface area contributed by atoms with E-state index >= 15 is 0 Å². The van der Waals surface area contributed by atoms with Crippen LogP contribution < -0.4 is 9.47 Å². The van der Waals surface area contributed by atoms with E-state index in [-0.39, 0.29) is 5.78 Å². The maximum Gasteiger partial charge on any atom is 0.193 e. The zero-order valence-corrected chi connectivity index (χ0v) is 14.2. The average molecular weight is 396 g/mol. The van der Waals surface area contributed by atoms with Crippen molar-refractivity contribution in [3.63, 3.8) is 0 Å². The number of carbonyl (C=O) groups excluding carboxylic acids is 1. The van der Waals surface area contributed by atoms with Gasteiger partial charge in [-0.25, -0.2) is 0 Å². The second-order valence-corrected chi connectivity index (χ2v) is 5.61. The number of carbonyl (C=O) groups is 1. The minimum Gasteiger partial charge on any atom is -0.490 e. The zero-order valence-electron chi connectivity index (χ0n) is 12.1. The van der Waals surface area contributed by atoms with Gasteiger partial charge >= 0.3 is 0 Å². The third kappa shape index (κ3) is 3.97. The Kier molecular flexibility index (Phi) is 5.61. The van der Waals surface area contributed by atoms with Gasteiger partial charge in [-0.15, -0.1) is 0 Å². The SMILES string of the molecule is CCOc1ccc(C(=O)c2ccc(I)cc2)cc1OCC. The van der Waals surface area contributed by atoms with E-state index in [4.69, 9.17) is 9.47 Å². The molecular weight excluding hydrogens is 379 g/mol. The first-order valence-electron chi connectivity index (χ1n) is 6.85. The Morgan fingerprint density at radius 3 is 2.10 bits per heavy atom. The van der Waals surface area contributed by atoms with Crippen LogP contribution in [0.25, 0.3) is 0 Å². The Bertz CT molecular complexity index is 620. The van der Waals surface area contributed by atoms with Gasteiger partial charge in [-0.3, -0.25) is 4.79 Å². The molecular formula is C17H17IO3. The van der Waals surface area contributed by atoms with E-state index in [9.17, 15) is 4.79 Å². The smallest absolute Gasteiger partial charge is 0.193 e. The molecule has 0 aliphatic carbocycles. The van der Waals surface area contributed by atoms with Gasteiger partial charge < -0.3 is 9.47 Å². The summed E-state index contributed by atoms with van der Waals surface area (Å²) in [6, 6.07) is 12.8. The Labute approximate surface area is 138 Å². The maximum atomic E-state index is 12.5. The molecule has 2 rings (SSSR count). The Morgan fingerprint density at radius 1 is 0.905 bits per heavy atom. The second-order valence-electron chi connectivity index (χ2n) is 4.36. The molecule has 0 saturated heterocycles. The lowest BCUT2D eigenvalue weighted by molar-refractivity contribution is 0.103. The topological polar surface area (TPSA) is 35.5 Å². The van der Waals surface area contributed by atoms with Crippen LogP contribution in [-0.4, -0.2) is 19.0 Å². The Hall–Kier alpha value is -1.56. The fourth-order valence-corrected chi connectivity index (χ4v) is 2.32. The standard InChI is InChI=1S/C17H17IO3/c1-3-20-15-10-7-13(11-16(15)21-4-2)17(19)12-5-8-14(18)9-6-12/h5-11H,3-4H2,1-2H3. The molecule has 0 saturated carbocycles. The minimum absolute atomic E-state index is 0.0181. The third-order valence-corrected chi connectivity index (χ3v) is 3.63. The van der Waals surface area contributed by atoms with Crippen LogP contribution in [0, 0.1) is 3.57 Å². The first-order valence-corrected chi connectivity index (χ1v) is 7.93. The number of ketones is 1. The van der Waals surface area contributed by atoms with Crippen molar-refractivity contribution in [1.29, 1.82) is 0 Å². The minimum atomic E-state index is -0.0181. The number of hydrogen-bond acceptors (Lipinski definition) is 3. The van der Waals surface area contributed by atoms with Crippen LogP contribution in [-0.2, 0) is 0 Å². The van der Waals surface area contributed by atoms with Gasteiger partial charge in [0.2, 0.25) is 0 Å². The molecule has 0 heterocycles. The molecule has 3 nitrogen and oxygen atoms in total. The van der Waals surface area contributed by atoms with Gasteiger partial charge in [0.1, 0.15) is 0 Å². The van der Waals surface area contributed by atoms with E-state index in [2.05, 4.69) is 22.6 Å². The number of rotatable bonds is 6. The first kappa shape index (κ1) is 15.8. The van der Waals surface area contributed by atoms with Gasteiger partial charge in [0.05, 0.1) is 13.2 Å². The lowest BCUT2D eigenvalue weighted by Gasteiger charge is -2.12. The van der Waals surface area contributed by atoms with Crippen LogP contribution in [0.1, 0.15) is 29.8 Å². The Morgan fingerprint density at radius 2 is 1.48 bits per heavy atom. The molecule has 0 radical (unpaired) electrons. The van der Waals surface area contributed by atoms with Crippen LogP contribution >= 0.6 is 22.6 Å². The molecule has 0 bridgehead atoms. The van der Waals surface area contributed by atoms with Crippen molar-refractivity contribution in [1.82, 2.24) is 0 Å². The number of hydrogen-bond donors (Lipinski definition) is 0. The monoisotopic (exact) mass is 396 g/mol. The first-order chi connectivity index (χ1) is 10.2. The predicted molar refractivity (Wildman–Crippen MR) is 91.4 cm³/mol. The lowest BCUT2D eigenvalue weighted by atomic mass is 10.0. The summed E-state index contributed by atoms with van der Waals surface area (Å²) in [5, 5.41) is 0. The predicted octanol–water partition coefficient (Wildman–Crippen LogP) is 4.32. The van der Waals surface area contributed by atoms with Crippen molar-refractivity contribution < 1.29 is 14.3 Å². The summed E-state index contributed by atoms with van der Waals surface area (Å²) in [6.07, 6.45) is 0. The van der Waals surface area contributed by atoms with Crippen LogP contribution in [0.15, 0.2) is 42.5 Å². The van der Waals surface area contributed by atoms with E-state index in [1.807, 2.05) is 38.1 Å². The van der Waals surface area contributed by atoms with Gasteiger partial charge in [0.15, 0.2) is 17.3 Å². The highest BCUT2D eigenvalue weighted by Gasteiger charge is 2.13. The van der Waals surface area contributed by atoms with Crippen molar-refractivity contribution in [2.75, 3.05) is 13.2 Å². The molecule has 110 valence electrons. The highest BCUT2D eigenvalue weighted by Crippen LogP contribution is 2.29. The molecule has 0 fully saturated rings. The fourth-order valence-electron chi connectivity index (χ4n) is 1.96. The maximum absolute atomic E-state index is 12.5. The molecule has 0 spiro atoms. The molecule has 0 N–H and O–H groups in total. The lowest BCUT2D eigenvalue weighted by Crippen LogP contribution is -2.04. The molecule has 0 aromatic heterocycles. The van der Waals surface area contributed by atoms with Gasteiger partial charge in [-0.05, 0) is 78.9 Å². The molecule has 2 aromatic carbocycles. The highest BCUT2D eigenvalue weighted by atomic mass is 127. The summed E-state index contributed by atoms with van der Waals surface area (Å²) >= 11 is 2.22. The van der Waals surface area contributed by atoms with Crippen molar-refractivity contribution in [3.8, 4) is 11.5 Å². The second kappa shape index (κ2) is 7.45. The zero-order chi connectivity index (χ0) is 15.2. The summed E-state index contributed by atoms with van der Waals surface area (Å²) in [5.74, 6) is 1.25. The normalized spacial score (nSPS) is 10.2. The largest absolute Gasteiger partial charge is 0.490 e. The van der Waals surface area contributed by atoms with Crippen LogP contribution in [0.5, 0.6) is 11.5 Å². The molecule has 21 heavy (non-hydrogen) atoms. The van der Waals surface area contributed by atoms with Gasteiger partial charge in [-0.1, -0.05) is 0 Å². The van der Waals surface area contributed by atoms with E-state index in [0.29, 0.717) is 35.8 Å². The molecule has 2 aromatic rings. The molecule has 0 amide bonds. The van der Waals surface area contributed by atoms with Gasteiger partial charge in [-0.2, -0.15) is 0 Å². The van der Waals surface area contributed by atoms with Crippen LogP contribution in [0.2, 0.25) is 0 Å². The van der Waals surface area contributed by atoms with E-state index in [1.165, 1.54) is 0 Å². The summed E-state index contributed by atoms with van der Waals surface area (Å²) < 4.78 is 12.2. The Balaban J connectivity index is 2.32. The summed E-state index contributed by atoms with van der Waals surface area (Å²) in [4.78, 5) is 12.5. The molecule has 0 atom stereocenters. The molecule has 0 aliphatic rings. The van der Waals surface area contributed by atoms with Gasteiger partial charge in [0, 0.05) is 14.7 Å². The van der Waals surface area contributed by atoms with Crippen molar-refractivity contribution >= 4 is 28.4 Å². The summed E-state index contributed by atoms with van der Waals surface area (Å²) in [7, 11) is 0. The summed E-state index contributed by atoms with van der Waals surface area (Å²) in [5.41, 5.74) is 1.27. The average Bonchev–Trinajstić information content (AvgIpc) is 2.49. The quantitative estimate of drug-likeness (QED) is 0.539. The van der Waals surface area contributed by atoms with Crippen LogP contribution in [0.3, 0.4) is 0 Å². The highest BCUT2D eigenvalue weighted by molar-refractivity contribution is 14.1. The molecule has 4 heteroatoms. The molecule has 0 aliphatic heterocycles. The van der Waals surface area contributed by atoms with E-state index < -0.39 is 0 Å². The van der Waals surface area contributed by atoms with Crippen LogP contribution in [0.4, 0.5) is 0 Å². The van der Waals surface area contributed by atoms with E-state index in [1.54, 1.807) is 18.2 Å². The number of halogens is 1. The van der Waals surface area contributed by atoms with Gasteiger partial charge in [0.25, 0.3) is 0 Å². The molecule has 0 unspecified atom stereocenters. The third-order valence-electron chi connectivity index (χ3n) is 2.91. The fraction of sp³-hybridized carbons (Fsp3) is 0.235. The van der Waals surface area contributed by atoms with E-state index in [0.717, 1.165) is 3.57 Å². The van der Waals surface area contributed by atoms with Crippen molar-refractivity contribution in [3.05, 3.63) is 57.2 Å². The van der Waals surface area contributed by atoms with Crippen molar-refractivity contribution in [2.45, 2.75) is 13.8 Å². The summed E-state index contributed by atoms with van der Waals surface area (Å²) in [6.45, 7) is 4.91.